The van der Waals surface area contributed by atoms with E-state index in [0.29, 0.717) is 13.0 Å². The largest absolute Gasteiger partial charge is 0.361 e. The number of anilines is 2. The number of halogens is 2. The number of fused-ring (bicyclic) bond motifs is 1. The van der Waals surface area contributed by atoms with Crippen molar-refractivity contribution in [2.24, 2.45) is 0 Å². The lowest BCUT2D eigenvalue weighted by molar-refractivity contribution is 0.0948. The number of aromatic nitrogens is 3. The van der Waals surface area contributed by atoms with Gasteiger partial charge in [-0.25, -0.2) is 8.78 Å². The van der Waals surface area contributed by atoms with Crippen LogP contribution in [0.25, 0.3) is 10.9 Å². The smallest absolute Gasteiger partial charge is 0.271 e. The third kappa shape index (κ3) is 4.21. The molecule has 4 rings (SSSR count). The van der Waals surface area contributed by atoms with E-state index >= 15 is 0 Å². The molecule has 3 N–H and O–H groups in total. The minimum Gasteiger partial charge on any atom is -0.361 e. The summed E-state index contributed by atoms with van der Waals surface area (Å²) in [5.74, 6) is -1.52. The number of hydrogen-bond acceptors (Lipinski definition) is 4. The summed E-state index contributed by atoms with van der Waals surface area (Å²) in [5.41, 5.74) is 2.39. The Labute approximate surface area is 165 Å². The third-order valence-electron chi connectivity index (χ3n) is 4.45. The first-order valence-electron chi connectivity index (χ1n) is 8.99. The Morgan fingerprint density at radius 3 is 2.69 bits per heavy atom. The summed E-state index contributed by atoms with van der Waals surface area (Å²) in [6.07, 6.45) is 2.61. The molecule has 0 spiro atoms. The van der Waals surface area contributed by atoms with Crippen LogP contribution in [0.5, 0.6) is 0 Å². The number of H-pyrrole nitrogens is 1. The first-order chi connectivity index (χ1) is 14.1. The molecule has 0 bridgehead atoms. The summed E-state index contributed by atoms with van der Waals surface area (Å²) in [6.45, 7) is 0.448. The van der Waals surface area contributed by atoms with Gasteiger partial charge in [0, 0.05) is 29.7 Å². The second-order valence-electron chi connectivity index (χ2n) is 6.42. The first kappa shape index (κ1) is 18.5. The van der Waals surface area contributed by atoms with E-state index in [0.717, 1.165) is 28.6 Å². The predicted molar refractivity (Wildman–Crippen MR) is 106 cm³/mol. The highest BCUT2D eigenvalue weighted by Gasteiger charge is 2.10. The van der Waals surface area contributed by atoms with Crippen LogP contribution < -0.4 is 10.6 Å². The summed E-state index contributed by atoms with van der Waals surface area (Å²) in [5, 5.41) is 14.4. The maximum Gasteiger partial charge on any atom is 0.271 e. The molecular formula is C21H17F2N5O. The molecule has 2 aromatic carbocycles. The van der Waals surface area contributed by atoms with Crippen molar-refractivity contribution in [3.05, 3.63) is 83.7 Å². The van der Waals surface area contributed by atoms with Crippen molar-refractivity contribution in [2.45, 2.75) is 6.42 Å². The number of amides is 1. The van der Waals surface area contributed by atoms with Crippen LogP contribution in [0, 0.1) is 11.6 Å². The quantitative estimate of drug-likeness (QED) is 0.463. The molecule has 0 radical (unpaired) electrons. The SMILES string of the molecule is O=C(NCCc1c[nH]c2ccccc12)c1ccc(Nc2ccc(F)cc2F)nn1. The Hall–Kier alpha value is -3.81. The molecular weight excluding hydrogens is 376 g/mol. The first-order valence-corrected chi connectivity index (χ1v) is 8.99. The van der Waals surface area contributed by atoms with Crippen LogP contribution in [-0.4, -0.2) is 27.6 Å². The molecule has 0 saturated heterocycles. The van der Waals surface area contributed by atoms with E-state index in [-0.39, 0.29) is 23.1 Å². The van der Waals surface area contributed by atoms with Gasteiger partial charge in [0.15, 0.2) is 11.5 Å². The average molecular weight is 393 g/mol. The number of rotatable bonds is 6. The molecule has 0 aliphatic carbocycles. The van der Waals surface area contributed by atoms with Gasteiger partial charge in [-0.15, -0.1) is 10.2 Å². The molecule has 2 heterocycles. The fraction of sp³-hybridized carbons (Fsp3) is 0.0952. The molecule has 2 aromatic heterocycles. The van der Waals surface area contributed by atoms with E-state index in [4.69, 9.17) is 0 Å². The zero-order valence-electron chi connectivity index (χ0n) is 15.2. The van der Waals surface area contributed by atoms with E-state index < -0.39 is 11.6 Å². The fourth-order valence-electron chi connectivity index (χ4n) is 2.99. The van der Waals surface area contributed by atoms with Crippen molar-refractivity contribution in [3.63, 3.8) is 0 Å². The van der Waals surface area contributed by atoms with Gasteiger partial charge in [-0.05, 0) is 42.3 Å². The zero-order valence-corrected chi connectivity index (χ0v) is 15.2. The normalized spacial score (nSPS) is 10.8. The van der Waals surface area contributed by atoms with Crippen LogP contribution in [0.4, 0.5) is 20.3 Å². The Morgan fingerprint density at radius 2 is 1.90 bits per heavy atom. The topological polar surface area (TPSA) is 82.7 Å². The number of aromatic amines is 1. The number of carbonyl (C=O) groups excluding carboxylic acids is 1. The number of benzene rings is 2. The van der Waals surface area contributed by atoms with Gasteiger partial charge in [-0.3, -0.25) is 4.79 Å². The average Bonchev–Trinajstić information content (AvgIpc) is 3.14. The van der Waals surface area contributed by atoms with Gasteiger partial charge < -0.3 is 15.6 Å². The molecule has 146 valence electrons. The number of carbonyl (C=O) groups is 1. The fourth-order valence-corrected chi connectivity index (χ4v) is 2.99. The van der Waals surface area contributed by atoms with Crippen LogP contribution in [0.1, 0.15) is 16.1 Å². The number of hydrogen-bond donors (Lipinski definition) is 3. The minimum absolute atomic E-state index is 0.0663. The van der Waals surface area contributed by atoms with E-state index in [9.17, 15) is 13.6 Å². The molecule has 0 saturated carbocycles. The van der Waals surface area contributed by atoms with Gasteiger partial charge in [0.2, 0.25) is 0 Å². The standard InChI is InChI=1S/C21H17F2N5O/c22-14-5-6-18(16(23)11-14)26-20-8-7-19(27-28-20)21(29)24-10-9-13-12-25-17-4-2-1-3-15(13)17/h1-8,11-12,25H,9-10H2,(H,24,29)(H,26,28). The Bertz CT molecular complexity index is 1160. The monoisotopic (exact) mass is 393 g/mol. The molecule has 0 aliphatic heterocycles. The van der Waals surface area contributed by atoms with E-state index in [1.807, 2.05) is 30.5 Å². The molecule has 1 amide bonds. The lowest BCUT2D eigenvalue weighted by Gasteiger charge is -2.07. The maximum atomic E-state index is 13.7. The molecule has 6 nitrogen and oxygen atoms in total. The predicted octanol–water partition coefficient (Wildman–Crippen LogP) is 3.95. The van der Waals surface area contributed by atoms with Crippen LogP contribution in [-0.2, 0) is 6.42 Å². The van der Waals surface area contributed by atoms with Crippen molar-refractivity contribution in [1.82, 2.24) is 20.5 Å². The van der Waals surface area contributed by atoms with Crippen molar-refractivity contribution < 1.29 is 13.6 Å². The van der Waals surface area contributed by atoms with Gasteiger partial charge in [0.1, 0.15) is 11.6 Å². The molecule has 8 heteroatoms. The second-order valence-corrected chi connectivity index (χ2v) is 6.42. The van der Waals surface area contributed by atoms with E-state index in [1.165, 1.54) is 18.2 Å². The Morgan fingerprint density at radius 1 is 1.03 bits per heavy atom. The number of nitrogens with zero attached hydrogens (tertiary/aromatic N) is 2. The minimum atomic E-state index is -0.745. The summed E-state index contributed by atoms with van der Waals surface area (Å²) in [6, 6.07) is 14.1. The third-order valence-corrected chi connectivity index (χ3v) is 4.45. The molecule has 4 aromatic rings. The van der Waals surface area contributed by atoms with Gasteiger partial charge >= 0.3 is 0 Å². The van der Waals surface area contributed by atoms with E-state index in [1.54, 1.807) is 0 Å². The molecule has 0 atom stereocenters. The highest BCUT2D eigenvalue weighted by Crippen LogP contribution is 2.19. The van der Waals surface area contributed by atoms with Crippen molar-refractivity contribution in [3.8, 4) is 0 Å². The number of para-hydroxylation sites is 1. The highest BCUT2D eigenvalue weighted by molar-refractivity contribution is 5.92. The second kappa shape index (κ2) is 8.05. The Balaban J connectivity index is 1.34. The number of nitrogens with one attached hydrogen (secondary N) is 3. The van der Waals surface area contributed by atoms with Crippen LogP contribution >= 0.6 is 0 Å². The molecule has 0 unspecified atom stereocenters. The van der Waals surface area contributed by atoms with E-state index in [2.05, 4.69) is 25.8 Å². The van der Waals surface area contributed by atoms with Gasteiger partial charge in [0.05, 0.1) is 5.69 Å². The summed E-state index contributed by atoms with van der Waals surface area (Å²) in [4.78, 5) is 15.5. The maximum absolute atomic E-state index is 13.7. The van der Waals surface area contributed by atoms with Gasteiger partial charge in [0.25, 0.3) is 5.91 Å². The van der Waals surface area contributed by atoms with Crippen molar-refractivity contribution in [1.29, 1.82) is 0 Å². The molecule has 0 aliphatic rings. The van der Waals surface area contributed by atoms with Gasteiger partial charge in [-0.1, -0.05) is 18.2 Å². The Kier molecular flexibility index (Phi) is 5.15. The molecule has 0 fully saturated rings. The van der Waals surface area contributed by atoms with Gasteiger partial charge in [-0.2, -0.15) is 0 Å². The molecule has 29 heavy (non-hydrogen) atoms. The highest BCUT2D eigenvalue weighted by atomic mass is 19.1. The summed E-state index contributed by atoms with van der Waals surface area (Å²) in [7, 11) is 0. The van der Waals surface area contributed by atoms with Crippen LogP contribution in [0.15, 0.2) is 60.8 Å². The summed E-state index contributed by atoms with van der Waals surface area (Å²) < 4.78 is 26.6. The van der Waals surface area contributed by atoms with Crippen LogP contribution in [0.2, 0.25) is 0 Å². The van der Waals surface area contributed by atoms with Crippen molar-refractivity contribution >= 4 is 28.3 Å². The lowest BCUT2D eigenvalue weighted by Crippen LogP contribution is -2.26. The van der Waals surface area contributed by atoms with Crippen molar-refractivity contribution in [2.75, 3.05) is 11.9 Å². The van der Waals surface area contributed by atoms with Crippen LogP contribution in [0.3, 0.4) is 0 Å². The lowest BCUT2D eigenvalue weighted by atomic mass is 10.1. The summed E-state index contributed by atoms with van der Waals surface area (Å²) >= 11 is 0. The zero-order chi connectivity index (χ0) is 20.2.